The van der Waals surface area contributed by atoms with Gasteiger partial charge in [0.05, 0.1) is 22.4 Å². The molecule has 35 heavy (non-hydrogen) atoms. The number of benzene rings is 2. The Kier molecular flexibility index (Phi) is 7.22. The molecule has 2 aromatic heterocycles. The molecule has 180 valence electrons. The maximum Gasteiger partial charge on any atom is 0.341 e. The first-order chi connectivity index (χ1) is 17.0. The third-order valence-corrected chi connectivity index (χ3v) is 9.62. The molecule has 2 atom stereocenters. The van der Waals surface area contributed by atoms with E-state index in [-0.39, 0.29) is 11.9 Å². The lowest BCUT2D eigenvalue weighted by molar-refractivity contribution is -0.115. The quantitative estimate of drug-likeness (QED) is 0.207. The number of fused-ring (bicyclic) bond motifs is 2. The monoisotopic (exact) mass is 522 g/mol. The Balaban J connectivity index is 1.48. The Hall–Kier alpha value is -2.68. The van der Waals surface area contributed by atoms with Gasteiger partial charge in [-0.05, 0) is 55.4 Å². The summed E-state index contributed by atoms with van der Waals surface area (Å²) in [5.74, 6) is 0.0361. The molecule has 2 aromatic carbocycles. The zero-order chi connectivity index (χ0) is 24.4. The topological polar surface area (TPSA) is 68.3 Å². The normalized spacial score (nSPS) is 16.0. The third-order valence-electron chi connectivity index (χ3n) is 6.06. The number of hydrogen-bond donors (Lipinski definition) is 1. The largest absolute Gasteiger partial charge is 0.462 e. The Labute approximate surface area is 216 Å². The minimum atomic E-state index is -0.509. The van der Waals surface area contributed by atoms with Crippen molar-refractivity contribution in [2.75, 3.05) is 11.9 Å². The van der Waals surface area contributed by atoms with Crippen LogP contribution in [0.2, 0.25) is 0 Å². The number of thiazole rings is 1. The van der Waals surface area contributed by atoms with Crippen molar-refractivity contribution >= 4 is 61.5 Å². The smallest absolute Gasteiger partial charge is 0.341 e. The third kappa shape index (κ3) is 5.15. The number of esters is 1. The number of hydrogen-bond acceptors (Lipinski definition) is 7. The van der Waals surface area contributed by atoms with Gasteiger partial charge >= 0.3 is 5.97 Å². The van der Waals surface area contributed by atoms with Gasteiger partial charge in [-0.1, -0.05) is 61.2 Å². The number of amides is 1. The predicted octanol–water partition coefficient (Wildman–Crippen LogP) is 7.13. The van der Waals surface area contributed by atoms with Crippen LogP contribution in [0.5, 0.6) is 0 Å². The fraction of sp³-hybridized carbons (Fsp3) is 0.296. The van der Waals surface area contributed by atoms with Crippen molar-refractivity contribution in [2.24, 2.45) is 5.92 Å². The molecule has 0 fully saturated rings. The van der Waals surface area contributed by atoms with Gasteiger partial charge in [-0.3, -0.25) is 4.79 Å². The number of anilines is 1. The highest BCUT2D eigenvalue weighted by molar-refractivity contribution is 8.02. The number of thioether (sulfide) groups is 1. The fourth-order valence-electron chi connectivity index (χ4n) is 4.34. The standard InChI is InChI=1S/C27H26N2O3S3/c1-3-32-26(31)22-18-14-13-16(2)15-21(18)33-25(22)29-24(30)23(17-9-5-4-6-10-17)35-27-28-19-11-7-8-12-20(19)34-27/h4-12,16,23H,3,13-15H2,1-2H3,(H,29,30). The van der Waals surface area contributed by atoms with Crippen molar-refractivity contribution < 1.29 is 14.3 Å². The first-order valence-corrected chi connectivity index (χ1v) is 14.2. The first kappa shape index (κ1) is 24.0. The molecular formula is C27H26N2O3S3. The molecule has 1 amide bonds. The Bertz CT molecular complexity index is 1330. The van der Waals surface area contributed by atoms with E-state index < -0.39 is 5.25 Å². The summed E-state index contributed by atoms with van der Waals surface area (Å²) in [6, 6.07) is 17.7. The van der Waals surface area contributed by atoms with Gasteiger partial charge in [0.15, 0.2) is 4.34 Å². The van der Waals surface area contributed by atoms with E-state index >= 15 is 0 Å². The number of nitrogens with zero attached hydrogens (tertiary/aromatic N) is 1. The van der Waals surface area contributed by atoms with E-state index in [1.807, 2.05) is 54.6 Å². The zero-order valence-corrected chi connectivity index (χ0v) is 22.0. The molecule has 1 aliphatic rings. The van der Waals surface area contributed by atoms with Gasteiger partial charge in [-0.2, -0.15) is 0 Å². The minimum Gasteiger partial charge on any atom is -0.462 e. The maximum absolute atomic E-state index is 13.7. The van der Waals surface area contributed by atoms with E-state index in [0.29, 0.717) is 23.1 Å². The van der Waals surface area contributed by atoms with E-state index in [2.05, 4.69) is 12.2 Å². The van der Waals surface area contributed by atoms with Crippen LogP contribution in [0.15, 0.2) is 58.9 Å². The average Bonchev–Trinajstić information content (AvgIpc) is 3.43. The minimum absolute atomic E-state index is 0.169. The van der Waals surface area contributed by atoms with Crippen molar-refractivity contribution in [1.82, 2.24) is 4.98 Å². The van der Waals surface area contributed by atoms with Crippen molar-refractivity contribution in [3.63, 3.8) is 0 Å². The van der Waals surface area contributed by atoms with Crippen LogP contribution in [0.3, 0.4) is 0 Å². The molecule has 0 saturated heterocycles. The molecule has 0 saturated carbocycles. The van der Waals surface area contributed by atoms with Gasteiger partial charge in [0, 0.05) is 4.88 Å². The highest BCUT2D eigenvalue weighted by atomic mass is 32.2. The van der Waals surface area contributed by atoms with Crippen molar-refractivity contribution in [3.05, 3.63) is 76.2 Å². The summed E-state index contributed by atoms with van der Waals surface area (Å²) in [6.07, 6.45) is 2.79. The van der Waals surface area contributed by atoms with E-state index in [0.717, 1.165) is 44.9 Å². The van der Waals surface area contributed by atoms with E-state index in [4.69, 9.17) is 9.72 Å². The summed E-state index contributed by atoms with van der Waals surface area (Å²) >= 11 is 4.54. The molecule has 1 aliphatic carbocycles. The second-order valence-electron chi connectivity index (χ2n) is 8.62. The van der Waals surface area contributed by atoms with Gasteiger partial charge < -0.3 is 10.1 Å². The molecule has 2 heterocycles. The van der Waals surface area contributed by atoms with E-state index in [9.17, 15) is 9.59 Å². The van der Waals surface area contributed by atoms with Crippen molar-refractivity contribution in [1.29, 1.82) is 0 Å². The number of thiophene rings is 1. The second-order valence-corrected chi connectivity index (χ2v) is 12.1. The zero-order valence-electron chi connectivity index (χ0n) is 19.6. The lowest BCUT2D eigenvalue weighted by Gasteiger charge is -2.18. The molecule has 0 bridgehead atoms. The summed E-state index contributed by atoms with van der Waals surface area (Å²) in [6.45, 7) is 4.33. The van der Waals surface area contributed by atoms with Crippen LogP contribution in [0.25, 0.3) is 10.2 Å². The van der Waals surface area contributed by atoms with Crippen LogP contribution in [-0.2, 0) is 22.4 Å². The second kappa shape index (κ2) is 10.5. The number of carbonyl (C=O) groups is 2. The van der Waals surface area contributed by atoms with Crippen LogP contribution in [0.1, 0.15) is 51.9 Å². The van der Waals surface area contributed by atoms with Crippen LogP contribution in [0, 0.1) is 5.92 Å². The summed E-state index contributed by atoms with van der Waals surface area (Å²) in [7, 11) is 0. The molecule has 5 nitrogen and oxygen atoms in total. The molecule has 0 radical (unpaired) electrons. The molecule has 5 rings (SSSR count). The fourth-order valence-corrected chi connectivity index (χ4v) is 8.00. The van der Waals surface area contributed by atoms with Crippen LogP contribution >= 0.6 is 34.4 Å². The Morgan fingerprint density at radius 3 is 2.69 bits per heavy atom. The van der Waals surface area contributed by atoms with Crippen molar-refractivity contribution in [3.8, 4) is 0 Å². The highest BCUT2D eigenvalue weighted by Gasteiger charge is 2.31. The molecule has 4 aromatic rings. The molecule has 1 N–H and O–H groups in total. The van der Waals surface area contributed by atoms with Gasteiger partial charge in [-0.25, -0.2) is 9.78 Å². The summed E-state index contributed by atoms with van der Waals surface area (Å²) in [4.78, 5) is 32.6. The number of para-hydroxylation sites is 1. The summed E-state index contributed by atoms with van der Waals surface area (Å²) in [5, 5.41) is 3.20. The van der Waals surface area contributed by atoms with Crippen molar-refractivity contribution in [2.45, 2.75) is 42.7 Å². The van der Waals surface area contributed by atoms with Gasteiger partial charge in [0.1, 0.15) is 10.3 Å². The summed E-state index contributed by atoms with van der Waals surface area (Å²) < 4.78 is 7.30. The summed E-state index contributed by atoms with van der Waals surface area (Å²) in [5.41, 5.74) is 3.39. The first-order valence-electron chi connectivity index (χ1n) is 11.7. The number of rotatable bonds is 7. The lowest BCUT2D eigenvalue weighted by atomic mass is 9.88. The molecule has 0 aliphatic heterocycles. The average molecular weight is 523 g/mol. The molecule has 0 spiro atoms. The van der Waals surface area contributed by atoms with Crippen LogP contribution in [0.4, 0.5) is 5.00 Å². The van der Waals surface area contributed by atoms with Gasteiger partial charge in [0.2, 0.25) is 5.91 Å². The van der Waals surface area contributed by atoms with E-state index in [1.54, 1.807) is 18.3 Å². The molecular weight excluding hydrogens is 497 g/mol. The Morgan fingerprint density at radius 2 is 1.91 bits per heavy atom. The molecule has 8 heteroatoms. The number of nitrogens with one attached hydrogen (secondary N) is 1. The van der Waals surface area contributed by atoms with Crippen LogP contribution in [-0.4, -0.2) is 23.5 Å². The van der Waals surface area contributed by atoms with Gasteiger partial charge in [0.25, 0.3) is 0 Å². The number of ether oxygens (including phenoxy) is 1. The van der Waals surface area contributed by atoms with E-state index in [1.165, 1.54) is 28.0 Å². The predicted molar refractivity (Wildman–Crippen MR) is 145 cm³/mol. The van der Waals surface area contributed by atoms with Crippen LogP contribution < -0.4 is 5.32 Å². The number of aromatic nitrogens is 1. The SMILES string of the molecule is CCOC(=O)c1c(NC(=O)C(Sc2nc3ccccc3s2)c2ccccc2)sc2c1CCC(C)C2. The maximum atomic E-state index is 13.7. The Morgan fingerprint density at radius 1 is 1.14 bits per heavy atom. The molecule has 2 unspecified atom stereocenters. The highest BCUT2D eigenvalue weighted by Crippen LogP contribution is 2.43. The van der Waals surface area contributed by atoms with Gasteiger partial charge in [-0.15, -0.1) is 22.7 Å². The number of carbonyl (C=O) groups excluding carboxylic acids is 2. The lowest BCUT2D eigenvalue weighted by Crippen LogP contribution is -2.20.